The van der Waals surface area contributed by atoms with E-state index in [1.165, 1.54) is 12.1 Å². The first-order valence-electron chi connectivity index (χ1n) is 7.95. The lowest BCUT2D eigenvalue weighted by atomic mass is 10.1. The van der Waals surface area contributed by atoms with Gasteiger partial charge in [0.1, 0.15) is 11.5 Å². The number of hydrogen-bond donors (Lipinski definition) is 0. The molecule has 11 heteroatoms. The first kappa shape index (κ1) is 22.1. The van der Waals surface area contributed by atoms with Gasteiger partial charge in [-0.3, -0.25) is 10.1 Å². The van der Waals surface area contributed by atoms with E-state index < -0.39 is 30.4 Å². The van der Waals surface area contributed by atoms with Crippen LogP contribution in [0.4, 0.5) is 18.9 Å². The van der Waals surface area contributed by atoms with E-state index in [4.69, 9.17) is 20.9 Å². The highest BCUT2D eigenvalue weighted by molar-refractivity contribution is 7.48. The van der Waals surface area contributed by atoms with Crippen LogP contribution in [0, 0.1) is 10.1 Å². The van der Waals surface area contributed by atoms with Crippen molar-refractivity contribution in [2.75, 3.05) is 7.11 Å². The third kappa shape index (κ3) is 4.98. The van der Waals surface area contributed by atoms with Gasteiger partial charge in [0.25, 0.3) is 0 Å². The summed E-state index contributed by atoms with van der Waals surface area (Å²) in [6.45, 7) is 1.84. The van der Waals surface area contributed by atoms with Crippen LogP contribution >= 0.6 is 19.6 Å². The van der Waals surface area contributed by atoms with Gasteiger partial charge in [-0.25, -0.2) is 0 Å². The molecule has 0 bridgehead atoms. The molecule has 1 atom stereocenters. The average Bonchev–Trinajstić information content (AvgIpc) is 2.62. The number of ether oxygens (including phenoxy) is 1. The summed E-state index contributed by atoms with van der Waals surface area (Å²) in [7, 11) is -1.39. The van der Waals surface area contributed by atoms with E-state index in [1.807, 2.05) is 6.92 Å². The molecular weight excluding hydrogens is 422 g/mol. The van der Waals surface area contributed by atoms with Crippen molar-refractivity contribution < 1.29 is 31.9 Å². The summed E-state index contributed by atoms with van der Waals surface area (Å²) in [4.78, 5) is 10.6. The molecule has 0 saturated heterocycles. The van der Waals surface area contributed by atoms with E-state index in [-0.39, 0.29) is 21.8 Å². The highest BCUT2D eigenvalue weighted by atomic mass is 35.5. The van der Waals surface area contributed by atoms with Crippen molar-refractivity contribution >= 4 is 30.6 Å². The number of nitrogens with zero attached hydrogens (tertiary/aromatic N) is 1. The summed E-state index contributed by atoms with van der Waals surface area (Å²) in [5, 5.41) is 10.8. The molecule has 0 heterocycles. The van der Waals surface area contributed by atoms with Crippen molar-refractivity contribution in [3.05, 3.63) is 56.6 Å². The number of nitro benzene ring substituents is 1. The SMILES string of the molecule is CCCc1cc([N+](=O)[O-])c([P+](=O)OC)cc1Oc1ccc(C(F)(F)F)cc1Cl. The highest BCUT2D eigenvalue weighted by Gasteiger charge is 2.35. The molecule has 6 nitrogen and oxygen atoms in total. The van der Waals surface area contributed by atoms with Crippen molar-refractivity contribution in [2.45, 2.75) is 25.9 Å². The molecule has 2 aromatic rings. The van der Waals surface area contributed by atoms with Gasteiger partial charge in [0, 0.05) is 17.7 Å². The Morgan fingerprint density at radius 1 is 1.21 bits per heavy atom. The van der Waals surface area contributed by atoms with E-state index in [2.05, 4.69) is 0 Å². The fourth-order valence-corrected chi connectivity index (χ4v) is 3.40. The fraction of sp³-hybridized carbons (Fsp3) is 0.294. The molecule has 150 valence electrons. The molecule has 0 saturated carbocycles. The summed E-state index contributed by atoms with van der Waals surface area (Å²) in [6, 6.07) is 5.00. The van der Waals surface area contributed by atoms with E-state index in [9.17, 15) is 27.9 Å². The fourth-order valence-electron chi connectivity index (χ4n) is 2.43. The minimum atomic E-state index is -4.56. The molecule has 0 radical (unpaired) electrons. The molecule has 0 aliphatic carbocycles. The summed E-state index contributed by atoms with van der Waals surface area (Å²) < 4.78 is 60.7. The quantitative estimate of drug-likeness (QED) is 0.301. The van der Waals surface area contributed by atoms with Gasteiger partial charge in [-0.1, -0.05) is 24.9 Å². The minimum absolute atomic E-state index is 0.0699. The topological polar surface area (TPSA) is 78.7 Å². The van der Waals surface area contributed by atoms with Crippen molar-refractivity contribution in [3.8, 4) is 11.5 Å². The molecule has 1 unspecified atom stereocenters. The van der Waals surface area contributed by atoms with Crippen LogP contribution in [-0.4, -0.2) is 12.0 Å². The predicted molar refractivity (Wildman–Crippen MR) is 97.9 cm³/mol. The molecule has 0 N–H and O–H groups in total. The van der Waals surface area contributed by atoms with Gasteiger partial charge in [-0.15, -0.1) is 4.52 Å². The molecule has 0 spiro atoms. The van der Waals surface area contributed by atoms with Gasteiger partial charge >= 0.3 is 25.2 Å². The summed E-state index contributed by atoms with van der Waals surface area (Å²) in [5.74, 6) is 0.0315. The zero-order valence-corrected chi connectivity index (χ0v) is 16.4. The van der Waals surface area contributed by atoms with Crippen LogP contribution in [0.2, 0.25) is 5.02 Å². The van der Waals surface area contributed by atoms with E-state index in [1.54, 1.807) is 0 Å². The standard InChI is InChI=1S/C17H15ClF3NO5P/c1-3-4-10-7-13(22(23)24)16(28(25)26-2)9-15(10)27-14-6-5-11(8-12(14)18)17(19,20)21/h5-9H,3-4H2,1-2H3/q+1. The zero-order chi connectivity index (χ0) is 21.1. The van der Waals surface area contributed by atoms with Gasteiger partial charge in [0.15, 0.2) is 0 Å². The maximum Gasteiger partial charge on any atom is 0.556 e. The number of benzene rings is 2. The number of alkyl halides is 3. The molecule has 0 fully saturated rings. The van der Waals surface area contributed by atoms with E-state index in [0.29, 0.717) is 18.4 Å². The average molecular weight is 437 g/mol. The number of hydrogen-bond acceptors (Lipinski definition) is 5. The van der Waals surface area contributed by atoms with Gasteiger partial charge in [-0.05, 0) is 29.2 Å². The summed E-state index contributed by atoms with van der Waals surface area (Å²) in [5.41, 5.74) is -0.906. The second-order valence-electron chi connectivity index (χ2n) is 5.64. The van der Waals surface area contributed by atoms with Crippen LogP contribution in [-0.2, 0) is 21.7 Å². The monoisotopic (exact) mass is 436 g/mol. The van der Waals surface area contributed by atoms with Crippen LogP contribution in [0.5, 0.6) is 11.5 Å². The summed E-state index contributed by atoms with van der Waals surface area (Å²) >= 11 is 5.91. The largest absolute Gasteiger partial charge is 0.556 e. The zero-order valence-electron chi connectivity index (χ0n) is 14.7. The molecule has 0 aromatic heterocycles. The maximum absolute atomic E-state index is 12.8. The maximum atomic E-state index is 12.8. The van der Waals surface area contributed by atoms with Crippen LogP contribution < -0.4 is 10.0 Å². The molecular formula is C17H15ClF3NO5P+. The van der Waals surface area contributed by atoms with Gasteiger partial charge < -0.3 is 4.74 Å². The van der Waals surface area contributed by atoms with E-state index in [0.717, 1.165) is 25.3 Å². The Labute approximate surface area is 164 Å². The second-order valence-corrected chi connectivity index (χ2v) is 7.41. The molecule has 28 heavy (non-hydrogen) atoms. The van der Waals surface area contributed by atoms with Crippen molar-refractivity contribution in [3.63, 3.8) is 0 Å². The van der Waals surface area contributed by atoms with Crippen LogP contribution in [0.3, 0.4) is 0 Å². The van der Waals surface area contributed by atoms with Crippen molar-refractivity contribution in [2.24, 2.45) is 0 Å². The molecule has 0 aliphatic heterocycles. The third-order valence-electron chi connectivity index (χ3n) is 3.72. The Morgan fingerprint density at radius 3 is 2.39 bits per heavy atom. The smallest absolute Gasteiger partial charge is 0.455 e. The van der Waals surface area contributed by atoms with Crippen LogP contribution in [0.25, 0.3) is 0 Å². The first-order chi connectivity index (χ1) is 13.1. The Bertz CT molecular complexity index is 920. The lowest BCUT2D eigenvalue weighted by Gasteiger charge is -2.13. The van der Waals surface area contributed by atoms with Crippen molar-refractivity contribution in [1.29, 1.82) is 0 Å². The number of halogens is 4. The second kappa shape index (κ2) is 8.86. The summed E-state index contributed by atoms with van der Waals surface area (Å²) in [6.07, 6.45) is -3.56. The highest BCUT2D eigenvalue weighted by Crippen LogP contribution is 2.39. The van der Waals surface area contributed by atoms with Gasteiger partial charge in [0.05, 0.1) is 22.6 Å². The Hall–Kier alpha value is -2.22. The normalized spacial score (nSPS) is 12.0. The lowest BCUT2D eigenvalue weighted by molar-refractivity contribution is -0.383. The lowest BCUT2D eigenvalue weighted by Crippen LogP contribution is -2.09. The third-order valence-corrected chi connectivity index (χ3v) is 5.09. The Morgan fingerprint density at radius 2 is 1.89 bits per heavy atom. The van der Waals surface area contributed by atoms with Gasteiger partial charge in [0.2, 0.25) is 0 Å². The Kier molecular flexibility index (Phi) is 6.98. The number of nitro groups is 1. The predicted octanol–water partition coefficient (Wildman–Crippen LogP) is 6.03. The Balaban J connectivity index is 2.55. The molecule has 2 aromatic carbocycles. The van der Waals surface area contributed by atoms with Crippen molar-refractivity contribution in [1.82, 2.24) is 0 Å². The van der Waals surface area contributed by atoms with E-state index >= 15 is 0 Å². The molecule has 2 rings (SSSR count). The molecule has 0 aliphatic rings. The van der Waals surface area contributed by atoms with Crippen LogP contribution in [0.15, 0.2) is 30.3 Å². The van der Waals surface area contributed by atoms with Gasteiger partial charge in [-0.2, -0.15) is 13.2 Å². The number of aryl methyl sites for hydroxylation is 1. The van der Waals surface area contributed by atoms with Crippen LogP contribution in [0.1, 0.15) is 24.5 Å². The molecule has 0 amide bonds. The number of rotatable bonds is 7. The first-order valence-corrected chi connectivity index (χ1v) is 9.51. The minimum Gasteiger partial charge on any atom is -0.455 e.